The predicted molar refractivity (Wildman–Crippen MR) is 111 cm³/mol. The monoisotopic (exact) mass is 429 g/mol. The van der Waals surface area contributed by atoms with Gasteiger partial charge in [0.05, 0.1) is 29.3 Å². The zero-order valence-electron chi connectivity index (χ0n) is 17.1. The van der Waals surface area contributed by atoms with Gasteiger partial charge in [0.2, 0.25) is 0 Å². The van der Waals surface area contributed by atoms with E-state index in [0.717, 1.165) is 48.6 Å². The van der Waals surface area contributed by atoms with Crippen LogP contribution in [0.2, 0.25) is 0 Å². The van der Waals surface area contributed by atoms with Crippen LogP contribution < -0.4 is 10.2 Å². The summed E-state index contributed by atoms with van der Waals surface area (Å²) in [5.41, 5.74) is 2.71. The molecule has 9 heteroatoms. The van der Waals surface area contributed by atoms with Crippen molar-refractivity contribution in [3.63, 3.8) is 0 Å². The Labute approximate surface area is 177 Å². The van der Waals surface area contributed by atoms with Crippen molar-refractivity contribution in [3.8, 4) is 0 Å². The van der Waals surface area contributed by atoms with E-state index in [-0.39, 0.29) is 11.6 Å². The van der Waals surface area contributed by atoms with Gasteiger partial charge in [0, 0.05) is 44.0 Å². The van der Waals surface area contributed by atoms with Gasteiger partial charge in [-0.15, -0.1) is 0 Å². The lowest BCUT2D eigenvalue weighted by Crippen LogP contribution is -2.19. The second-order valence-corrected chi connectivity index (χ2v) is 7.79. The molecule has 1 atom stereocenters. The third kappa shape index (κ3) is 4.55. The van der Waals surface area contributed by atoms with Gasteiger partial charge in [0.15, 0.2) is 0 Å². The smallest absolute Gasteiger partial charge is 0.368 e. The fraction of sp³-hybridized carbons (Fsp3) is 0.318. The first kappa shape index (κ1) is 20.9. The molecule has 1 aromatic carbocycles. The standard InChI is InChI=1S/C22H22F3N5O/c1-14-3-4-15(21(31)28-18-8-17(9-26-10-18)22(23,24)25)7-20(14)16-5-6-30(12-16)19-11-27-29(2)13-19/h3-4,7-11,13,16H,5-6,12H2,1-2H3,(H,28,31)/t16-/m1/s1. The van der Waals surface area contributed by atoms with Crippen molar-refractivity contribution in [1.82, 2.24) is 14.8 Å². The Morgan fingerprint density at radius 1 is 1.19 bits per heavy atom. The second-order valence-electron chi connectivity index (χ2n) is 7.79. The number of hydrogen-bond donors (Lipinski definition) is 1. The zero-order chi connectivity index (χ0) is 22.2. The molecule has 1 amide bonds. The predicted octanol–water partition coefficient (Wildman–Crippen LogP) is 4.39. The molecular weight excluding hydrogens is 407 g/mol. The van der Waals surface area contributed by atoms with Gasteiger partial charge in [-0.1, -0.05) is 6.07 Å². The van der Waals surface area contributed by atoms with Gasteiger partial charge in [-0.25, -0.2) is 0 Å². The van der Waals surface area contributed by atoms with Crippen LogP contribution in [0.3, 0.4) is 0 Å². The number of hydrogen-bond acceptors (Lipinski definition) is 4. The number of aromatic nitrogens is 3. The number of carbonyl (C=O) groups excluding carboxylic acids is 1. The number of carbonyl (C=O) groups is 1. The Morgan fingerprint density at radius 3 is 2.71 bits per heavy atom. The summed E-state index contributed by atoms with van der Waals surface area (Å²) in [5.74, 6) is -0.215. The van der Waals surface area contributed by atoms with Crippen molar-refractivity contribution in [2.24, 2.45) is 7.05 Å². The number of aryl methyl sites for hydroxylation is 2. The maximum Gasteiger partial charge on any atom is 0.417 e. The molecule has 0 radical (unpaired) electrons. The molecule has 0 unspecified atom stereocenters. The second kappa shape index (κ2) is 8.05. The van der Waals surface area contributed by atoms with E-state index in [1.165, 1.54) is 6.20 Å². The van der Waals surface area contributed by atoms with Crippen molar-refractivity contribution in [2.75, 3.05) is 23.3 Å². The number of rotatable bonds is 4. The number of pyridine rings is 1. The summed E-state index contributed by atoms with van der Waals surface area (Å²) >= 11 is 0. The number of nitrogens with one attached hydrogen (secondary N) is 1. The Hall–Kier alpha value is -3.36. The summed E-state index contributed by atoms with van der Waals surface area (Å²) in [4.78, 5) is 18.5. The molecule has 2 aromatic heterocycles. The Morgan fingerprint density at radius 2 is 2.00 bits per heavy atom. The molecule has 162 valence electrons. The highest BCUT2D eigenvalue weighted by Crippen LogP contribution is 2.33. The van der Waals surface area contributed by atoms with Crippen LogP contribution in [0.5, 0.6) is 0 Å². The third-order valence-corrected chi connectivity index (χ3v) is 5.55. The van der Waals surface area contributed by atoms with E-state index < -0.39 is 17.6 Å². The van der Waals surface area contributed by atoms with Crippen LogP contribution in [0.1, 0.15) is 39.4 Å². The van der Waals surface area contributed by atoms with E-state index in [0.29, 0.717) is 5.56 Å². The van der Waals surface area contributed by atoms with Gasteiger partial charge in [0.25, 0.3) is 5.91 Å². The van der Waals surface area contributed by atoms with E-state index in [9.17, 15) is 18.0 Å². The largest absolute Gasteiger partial charge is 0.417 e. The van der Waals surface area contributed by atoms with Crippen molar-refractivity contribution in [3.05, 3.63) is 71.3 Å². The van der Waals surface area contributed by atoms with Gasteiger partial charge in [-0.05, 0) is 42.7 Å². The van der Waals surface area contributed by atoms with Gasteiger partial charge in [-0.3, -0.25) is 14.5 Å². The molecule has 0 aliphatic carbocycles. The van der Waals surface area contributed by atoms with Gasteiger partial charge in [-0.2, -0.15) is 18.3 Å². The van der Waals surface area contributed by atoms with Crippen LogP contribution >= 0.6 is 0 Å². The molecule has 6 nitrogen and oxygen atoms in total. The summed E-state index contributed by atoms with van der Waals surface area (Å²) < 4.78 is 40.4. The average Bonchev–Trinajstić information content (AvgIpc) is 3.37. The molecule has 3 heterocycles. The quantitative estimate of drug-likeness (QED) is 0.668. The van der Waals surface area contributed by atoms with Gasteiger partial charge < -0.3 is 10.2 Å². The first-order chi connectivity index (χ1) is 14.7. The number of anilines is 2. The van der Waals surface area contributed by atoms with Crippen molar-refractivity contribution < 1.29 is 18.0 Å². The lowest BCUT2D eigenvalue weighted by Gasteiger charge is -2.18. The van der Waals surface area contributed by atoms with Crippen molar-refractivity contribution in [1.29, 1.82) is 0 Å². The van der Waals surface area contributed by atoms with Crippen LogP contribution in [0, 0.1) is 6.92 Å². The third-order valence-electron chi connectivity index (χ3n) is 5.55. The SMILES string of the molecule is Cc1ccc(C(=O)Nc2cncc(C(F)(F)F)c2)cc1[C@@H]1CCN(c2cnn(C)c2)C1. The van der Waals surface area contributed by atoms with Crippen LogP contribution in [-0.2, 0) is 13.2 Å². The molecule has 1 N–H and O–H groups in total. The molecule has 0 spiro atoms. The van der Waals surface area contributed by atoms with Crippen LogP contribution in [0.25, 0.3) is 0 Å². The van der Waals surface area contributed by atoms with Crippen LogP contribution in [0.4, 0.5) is 24.5 Å². The minimum Gasteiger partial charge on any atom is -0.368 e. The fourth-order valence-electron chi connectivity index (χ4n) is 3.91. The number of nitrogens with zero attached hydrogens (tertiary/aromatic N) is 4. The Balaban J connectivity index is 1.51. The molecule has 1 aliphatic heterocycles. The average molecular weight is 429 g/mol. The fourth-order valence-corrected chi connectivity index (χ4v) is 3.91. The Bertz CT molecular complexity index is 1110. The summed E-state index contributed by atoms with van der Waals surface area (Å²) in [6, 6.07) is 6.27. The summed E-state index contributed by atoms with van der Waals surface area (Å²) in [6.45, 7) is 3.71. The first-order valence-corrected chi connectivity index (χ1v) is 9.88. The lowest BCUT2D eigenvalue weighted by molar-refractivity contribution is -0.137. The van der Waals surface area contributed by atoms with Gasteiger partial charge in [0.1, 0.15) is 0 Å². The highest BCUT2D eigenvalue weighted by molar-refractivity contribution is 6.04. The van der Waals surface area contributed by atoms with E-state index >= 15 is 0 Å². The summed E-state index contributed by atoms with van der Waals surface area (Å²) in [6.07, 6.45) is 2.16. The van der Waals surface area contributed by atoms with E-state index in [4.69, 9.17) is 0 Å². The number of alkyl halides is 3. The molecule has 0 saturated carbocycles. The van der Waals surface area contributed by atoms with E-state index in [2.05, 4.69) is 20.3 Å². The molecule has 3 aromatic rings. The van der Waals surface area contributed by atoms with Gasteiger partial charge >= 0.3 is 6.18 Å². The summed E-state index contributed by atoms with van der Waals surface area (Å²) in [5, 5.41) is 6.74. The van der Waals surface area contributed by atoms with Crippen LogP contribution in [-0.4, -0.2) is 33.8 Å². The van der Waals surface area contributed by atoms with Crippen molar-refractivity contribution >= 4 is 17.3 Å². The minimum atomic E-state index is -4.52. The van der Waals surface area contributed by atoms with E-state index in [1.807, 2.05) is 38.5 Å². The molecule has 0 bridgehead atoms. The molecule has 4 rings (SSSR count). The van der Waals surface area contributed by atoms with Crippen molar-refractivity contribution in [2.45, 2.75) is 25.4 Å². The number of halogens is 3. The lowest BCUT2D eigenvalue weighted by atomic mass is 9.92. The minimum absolute atomic E-state index is 0.00516. The normalized spacial score (nSPS) is 16.5. The maximum atomic E-state index is 12.9. The van der Waals surface area contributed by atoms with E-state index in [1.54, 1.807) is 10.7 Å². The highest BCUT2D eigenvalue weighted by Gasteiger charge is 2.31. The molecular formula is C22H22F3N5O. The summed E-state index contributed by atoms with van der Waals surface area (Å²) in [7, 11) is 1.88. The first-order valence-electron chi connectivity index (χ1n) is 9.88. The topological polar surface area (TPSA) is 63.1 Å². The molecule has 1 saturated heterocycles. The Kier molecular flexibility index (Phi) is 5.43. The molecule has 1 fully saturated rings. The van der Waals surface area contributed by atoms with Crippen LogP contribution in [0.15, 0.2) is 49.1 Å². The number of benzene rings is 1. The maximum absolute atomic E-state index is 12.9. The zero-order valence-corrected chi connectivity index (χ0v) is 17.1. The molecule has 1 aliphatic rings. The number of amides is 1. The molecule has 31 heavy (non-hydrogen) atoms. The highest BCUT2D eigenvalue weighted by atomic mass is 19.4.